The predicted octanol–water partition coefficient (Wildman–Crippen LogP) is 3.15. The van der Waals surface area contributed by atoms with Crippen molar-refractivity contribution in [1.82, 2.24) is 4.31 Å². The standard InChI is InChI=1S/C9H13BrClNO2S2/c1-9(2,6-11)12(3)16(13,14)8-5-4-7(10)15-8/h4-5H,6H2,1-3H3. The molecule has 1 aromatic heterocycles. The molecule has 0 spiro atoms. The Balaban J connectivity index is 3.13. The number of rotatable bonds is 4. The highest BCUT2D eigenvalue weighted by Crippen LogP contribution is 2.31. The minimum Gasteiger partial charge on any atom is -0.206 e. The van der Waals surface area contributed by atoms with E-state index in [1.165, 1.54) is 15.6 Å². The first-order valence-electron chi connectivity index (χ1n) is 4.52. The van der Waals surface area contributed by atoms with Crippen LogP contribution in [0.3, 0.4) is 0 Å². The Hall–Kier alpha value is 0.380. The van der Waals surface area contributed by atoms with Gasteiger partial charge in [0.1, 0.15) is 4.21 Å². The van der Waals surface area contributed by atoms with Crippen molar-refractivity contribution in [1.29, 1.82) is 0 Å². The van der Waals surface area contributed by atoms with Gasteiger partial charge < -0.3 is 0 Å². The summed E-state index contributed by atoms with van der Waals surface area (Å²) in [5.41, 5.74) is -0.600. The van der Waals surface area contributed by atoms with E-state index in [2.05, 4.69) is 15.9 Å². The lowest BCUT2D eigenvalue weighted by Crippen LogP contribution is -2.46. The van der Waals surface area contributed by atoms with E-state index in [0.29, 0.717) is 4.21 Å². The molecule has 3 nitrogen and oxygen atoms in total. The molecule has 0 aliphatic heterocycles. The summed E-state index contributed by atoms with van der Waals surface area (Å²) in [5, 5.41) is 0. The third-order valence-electron chi connectivity index (χ3n) is 2.34. The van der Waals surface area contributed by atoms with Crippen molar-refractivity contribution < 1.29 is 8.42 Å². The van der Waals surface area contributed by atoms with Crippen LogP contribution in [0.15, 0.2) is 20.1 Å². The quantitative estimate of drug-likeness (QED) is 0.785. The van der Waals surface area contributed by atoms with Crippen LogP contribution in [0.25, 0.3) is 0 Å². The number of hydrogen-bond donors (Lipinski definition) is 0. The van der Waals surface area contributed by atoms with Crippen LogP contribution in [0.4, 0.5) is 0 Å². The smallest absolute Gasteiger partial charge is 0.206 e. The Morgan fingerprint density at radius 3 is 2.44 bits per heavy atom. The third kappa shape index (κ3) is 2.79. The molecule has 1 rings (SSSR count). The van der Waals surface area contributed by atoms with E-state index < -0.39 is 15.6 Å². The van der Waals surface area contributed by atoms with Gasteiger partial charge in [-0.05, 0) is 41.9 Å². The highest BCUT2D eigenvalue weighted by molar-refractivity contribution is 9.11. The molecule has 0 radical (unpaired) electrons. The average Bonchev–Trinajstić information content (AvgIpc) is 2.64. The second-order valence-electron chi connectivity index (χ2n) is 3.98. The highest BCUT2D eigenvalue weighted by Gasteiger charge is 2.34. The molecule has 0 fully saturated rings. The van der Waals surface area contributed by atoms with E-state index in [9.17, 15) is 8.42 Å². The maximum Gasteiger partial charge on any atom is 0.252 e. The van der Waals surface area contributed by atoms with Crippen LogP contribution in [0, 0.1) is 0 Å². The molecule has 92 valence electrons. The molecule has 0 aliphatic carbocycles. The number of nitrogens with zero attached hydrogens (tertiary/aromatic N) is 1. The van der Waals surface area contributed by atoms with Gasteiger partial charge in [-0.25, -0.2) is 8.42 Å². The monoisotopic (exact) mass is 345 g/mol. The molecule has 0 N–H and O–H groups in total. The van der Waals surface area contributed by atoms with Gasteiger partial charge >= 0.3 is 0 Å². The minimum absolute atomic E-state index is 0.245. The summed E-state index contributed by atoms with van der Waals surface area (Å²) in [6.07, 6.45) is 0. The van der Waals surface area contributed by atoms with Gasteiger partial charge in [-0.15, -0.1) is 22.9 Å². The van der Waals surface area contributed by atoms with Gasteiger partial charge in [0.15, 0.2) is 0 Å². The molecule has 0 unspecified atom stereocenters. The molecular weight excluding hydrogens is 334 g/mol. The van der Waals surface area contributed by atoms with Crippen LogP contribution < -0.4 is 0 Å². The van der Waals surface area contributed by atoms with Crippen LogP contribution in [0.5, 0.6) is 0 Å². The molecular formula is C9H13BrClNO2S2. The molecule has 0 bridgehead atoms. The normalized spacial score (nSPS) is 13.4. The molecule has 1 heterocycles. The molecule has 16 heavy (non-hydrogen) atoms. The van der Waals surface area contributed by atoms with E-state index in [1.807, 2.05) is 0 Å². The molecule has 0 saturated carbocycles. The van der Waals surface area contributed by atoms with Crippen LogP contribution in [0.1, 0.15) is 13.8 Å². The van der Waals surface area contributed by atoms with E-state index in [0.717, 1.165) is 3.79 Å². The zero-order valence-electron chi connectivity index (χ0n) is 9.20. The molecule has 0 aromatic carbocycles. The Labute approximate surface area is 114 Å². The molecule has 0 amide bonds. The number of sulfonamides is 1. The first kappa shape index (κ1) is 14.4. The Morgan fingerprint density at radius 2 is 2.06 bits per heavy atom. The fourth-order valence-corrected chi connectivity index (χ4v) is 4.92. The first-order chi connectivity index (χ1) is 7.21. The van der Waals surface area contributed by atoms with Crippen molar-refractivity contribution >= 4 is 48.9 Å². The number of thiophene rings is 1. The van der Waals surface area contributed by atoms with Crippen LogP contribution >= 0.6 is 38.9 Å². The fourth-order valence-electron chi connectivity index (χ4n) is 0.981. The lowest BCUT2D eigenvalue weighted by atomic mass is 10.1. The van der Waals surface area contributed by atoms with E-state index >= 15 is 0 Å². The maximum absolute atomic E-state index is 12.2. The summed E-state index contributed by atoms with van der Waals surface area (Å²) in [7, 11) is -1.90. The maximum atomic E-state index is 12.2. The van der Waals surface area contributed by atoms with Gasteiger partial charge in [0.05, 0.1) is 3.79 Å². The molecule has 7 heteroatoms. The molecule has 0 saturated heterocycles. The summed E-state index contributed by atoms with van der Waals surface area (Å²) in [4.78, 5) is 0. The van der Waals surface area contributed by atoms with Gasteiger partial charge in [-0.3, -0.25) is 0 Å². The Bertz CT molecular complexity index is 470. The lowest BCUT2D eigenvalue weighted by Gasteiger charge is -2.32. The van der Waals surface area contributed by atoms with E-state index in [1.54, 1.807) is 33.0 Å². The zero-order chi connectivity index (χ0) is 12.6. The van der Waals surface area contributed by atoms with Crippen molar-refractivity contribution in [3.63, 3.8) is 0 Å². The van der Waals surface area contributed by atoms with Crippen LogP contribution in [-0.2, 0) is 10.0 Å². The van der Waals surface area contributed by atoms with Gasteiger partial charge in [0.25, 0.3) is 10.0 Å². The van der Waals surface area contributed by atoms with Crippen molar-refractivity contribution in [2.24, 2.45) is 0 Å². The summed E-state index contributed by atoms with van der Waals surface area (Å²) in [6.45, 7) is 3.58. The number of hydrogen-bond acceptors (Lipinski definition) is 3. The van der Waals surface area contributed by atoms with Gasteiger partial charge in [0.2, 0.25) is 0 Å². The second-order valence-corrected chi connectivity index (χ2v) is 8.90. The SMILES string of the molecule is CN(C(C)(C)CCl)S(=O)(=O)c1ccc(Br)s1. The van der Waals surface area contributed by atoms with E-state index in [-0.39, 0.29) is 5.88 Å². The van der Waals surface area contributed by atoms with Crippen LogP contribution in [-0.4, -0.2) is 31.2 Å². The fraction of sp³-hybridized carbons (Fsp3) is 0.556. The third-order valence-corrected chi connectivity index (χ3v) is 7.16. The van der Waals surface area contributed by atoms with Crippen molar-refractivity contribution in [2.45, 2.75) is 23.6 Å². The van der Waals surface area contributed by atoms with Crippen molar-refractivity contribution in [2.75, 3.05) is 12.9 Å². The molecule has 0 atom stereocenters. The number of halogens is 2. The van der Waals surface area contributed by atoms with E-state index in [4.69, 9.17) is 11.6 Å². The van der Waals surface area contributed by atoms with Crippen molar-refractivity contribution in [3.8, 4) is 0 Å². The van der Waals surface area contributed by atoms with Gasteiger partial charge in [0, 0.05) is 18.5 Å². The average molecular weight is 347 g/mol. The van der Waals surface area contributed by atoms with Crippen LogP contribution in [0.2, 0.25) is 0 Å². The Kier molecular flexibility index (Phi) is 4.46. The zero-order valence-corrected chi connectivity index (χ0v) is 13.2. The summed E-state index contributed by atoms with van der Waals surface area (Å²) in [6, 6.07) is 3.31. The van der Waals surface area contributed by atoms with Gasteiger partial charge in [-0.2, -0.15) is 4.31 Å². The minimum atomic E-state index is -3.45. The summed E-state index contributed by atoms with van der Waals surface area (Å²) in [5.74, 6) is 0.245. The Morgan fingerprint density at radius 1 is 1.50 bits per heavy atom. The number of alkyl halides is 1. The predicted molar refractivity (Wildman–Crippen MR) is 71.8 cm³/mol. The van der Waals surface area contributed by atoms with Crippen molar-refractivity contribution in [3.05, 3.63) is 15.9 Å². The molecule has 0 aliphatic rings. The topological polar surface area (TPSA) is 37.4 Å². The first-order valence-corrected chi connectivity index (χ1v) is 8.10. The summed E-state index contributed by atoms with van der Waals surface area (Å²) >= 11 is 10.2. The summed E-state index contributed by atoms with van der Waals surface area (Å²) < 4.78 is 26.8. The van der Waals surface area contributed by atoms with Gasteiger partial charge in [-0.1, -0.05) is 0 Å². The second kappa shape index (κ2) is 4.94. The largest absolute Gasteiger partial charge is 0.252 e. The highest BCUT2D eigenvalue weighted by atomic mass is 79.9. The lowest BCUT2D eigenvalue weighted by molar-refractivity contribution is 0.296. The molecule has 1 aromatic rings.